The van der Waals surface area contributed by atoms with Crippen LogP contribution in [0.25, 0.3) is 0 Å². The van der Waals surface area contributed by atoms with Crippen molar-refractivity contribution in [3.05, 3.63) is 16.9 Å². The summed E-state index contributed by atoms with van der Waals surface area (Å²) in [5, 5.41) is 0. The Kier molecular flexibility index (Phi) is 6.60. The van der Waals surface area contributed by atoms with Crippen molar-refractivity contribution in [2.24, 2.45) is 0 Å². The summed E-state index contributed by atoms with van der Waals surface area (Å²) in [7, 11) is 2.95. The highest BCUT2D eigenvalue weighted by Crippen LogP contribution is 2.49. The molecule has 0 aromatic heterocycles. The van der Waals surface area contributed by atoms with Crippen molar-refractivity contribution >= 4 is 12.3 Å². The Morgan fingerprint density at radius 1 is 1.12 bits per heavy atom. The number of esters is 1. The minimum absolute atomic E-state index is 0.0263. The maximum absolute atomic E-state index is 14.5. The lowest BCUT2D eigenvalue weighted by Crippen LogP contribution is -2.23. The molecule has 1 rings (SSSR count). The van der Waals surface area contributed by atoms with Crippen LogP contribution < -0.4 is 14.2 Å². The third-order valence-electron chi connectivity index (χ3n) is 3.37. The first-order valence-electron chi connectivity index (χ1n) is 6.92. The van der Waals surface area contributed by atoms with E-state index in [1.807, 2.05) is 0 Å². The van der Waals surface area contributed by atoms with Crippen LogP contribution >= 0.6 is 0 Å². The van der Waals surface area contributed by atoms with Crippen LogP contribution in [0.4, 0.5) is 17.6 Å². The second-order valence-corrected chi connectivity index (χ2v) is 4.69. The number of methoxy groups -OCH3 is 3. The Bertz CT molecular complexity index is 657. The summed E-state index contributed by atoms with van der Waals surface area (Å²) < 4.78 is 71.0. The quantitative estimate of drug-likeness (QED) is 0.418. The molecular weight excluding hydrogens is 352 g/mol. The lowest BCUT2D eigenvalue weighted by molar-refractivity contribution is -0.275. The minimum Gasteiger partial charge on any atom is -0.490 e. The molecule has 0 N–H and O–H groups in total. The SMILES string of the molecule is CCC(C(=O)OC)c1c(C=O)c(F)c(OC)c(OC)c1OC(F)(F)F. The summed E-state index contributed by atoms with van der Waals surface area (Å²) in [6.07, 6.45) is -5.31. The minimum atomic E-state index is -5.20. The summed E-state index contributed by atoms with van der Waals surface area (Å²) in [4.78, 5) is 23.3. The van der Waals surface area contributed by atoms with Gasteiger partial charge in [0, 0.05) is 5.56 Å². The predicted octanol–water partition coefficient (Wildman–Crippen LogP) is 3.22. The summed E-state index contributed by atoms with van der Waals surface area (Å²) in [5.41, 5.74) is -1.44. The zero-order valence-corrected chi connectivity index (χ0v) is 13.8. The number of aldehydes is 1. The Morgan fingerprint density at radius 3 is 2.04 bits per heavy atom. The van der Waals surface area contributed by atoms with Crippen LogP contribution in [-0.4, -0.2) is 39.9 Å². The van der Waals surface area contributed by atoms with Crippen LogP contribution in [0.2, 0.25) is 0 Å². The Labute approximate surface area is 140 Å². The molecule has 0 amide bonds. The number of halogens is 4. The standard InChI is InChI=1S/C15H16F4O6/c1-5-7(14(21)24-4)9-8(6-20)10(16)12(22-2)13(23-3)11(9)25-15(17,18)19/h6-7H,5H2,1-4H3. The van der Waals surface area contributed by atoms with Gasteiger partial charge in [-0.1, -0.05) is 6.92 Å². The molecule has 6 nitrogen and oxygen atoms in total. The van der Waals surface area contributed by atoms with E-state index >= 15 is 0 Å². The van der Waals surface area contributed by atoms with Crippen LogP contribution in [0.5, 0.6) is 17.2 Å². The van der Waals surface area contributed by atoms with Crippen LogP contribution in [0.15, 0.2) is 0 Å². The number of rotatable bonds is 7. The van der Waals surface area contributed by atoms with Gasteiger partial charge >= 0.3 is 12.3 Å². The van der Waals surface area contributed by atoms with Crippen molar-refractivity contribution < 1.29 is 46.1 Å². The molecule has 0 aliphatic carbocycles. The fraction of sp³-hybridized carbons (Fsp3) is 0.467. The van der Waals surface area contributed by atoms with Crippen LogP contribution in [0, 0.1) is 5.82 Å². The molecule has 0 spiro atoms. The Balaban J connectivity index is 3.95. The second kappa shape index (κ2) is 8.04. The van der Waals surface area contributed by atoms with Crippen LogP contribution in [0.1, 0.15) is 35.2 Å². The molecule has 0 fully saturated rings. The molecule has 1 atom stereocenters. The number of alkyl halides is 3. The average Bonchev–Trinajstić information content (AvgIpc) is 2.55. The van der Waals surface area contributed by atoms with Crippen molar-refractivity contribution in [1.82, 2.24) is 0 Å². The van der Waals surface area contributed by atoms with Crippen molar-refractivity contribution in [3.8, 4) is 17.2 Å². The van der Waals surface area contributed by atoms with Crippen LogP contribution in [-0.2, 0) is 9.53 Å². The largest absolute Gasteiger partial charge is 0.573 e. The number of benzene rings is 1. The molecule has 1 aromatic rings. The molecule has 0 bridgehead atoms. The Hall–Kier alpha value is -2.52. The van der Waals surface area contributed by atoms with Gasteiger partial charge in [0.25, 0.3) is 0 Å². The van der Waals surface area contributed by atoms with Gasteiger partial charge in [0.1, 0.15) is 0 Å². The van der Waals surface area contributed by atoms with Gasteiger partial charge in [0.05, 0.1) is 32.8 Å². The first-order valence-corrected chi connectivity index (χ1v) is 6.92. The zero-order chi connectivity index (χ0) is 19.4. The smallest absolute Gasteiger partial charge is 0.490 e. The molecule has 25 heavy (non-hydrogen) atoms. The van der Waals surface area contributed by atoms with Crippen LogP contribution in [0.3, 0.4) is 0 Å². The molecule has 1 unspecified atom stereocenters. The first kappa shape index (κ1) is 20.5. The van der Waals surface area contributed by atoms with Gasteiger partial charge in [-0.05, 0) is 6.42 Å². The summed E-state index contributed by atoms with van der Waals surface area (Å²) in [6.45, 7) is 1.45. The topological polar surface area (TPSA) is 71.1 Å². The molecule has 10 heteroatoms. The molecule has 0 saturated heterocycles. The van der Waals surface area contributed by atoms with E-state index in [1.54, 1.807) is 0 Å². The summed E-state index contributed by atoms with van der Waals surface area (Å²) >= 11 is 0. The van der Waals surface area contributed by atoms with Gasteiger partial charge in [0.15, 0.2) is 17.9 Å². The molecule has 1 aromatic carbocycles. The maximum atomic E-state index is 14.5. The van der Waals surface area contributed by atoms with Crippen molar-refractivity contribution in [2.45, 2.75) is 25.6 Å². The van der Waals surface area contributed by atoms with Gasteiger partial charge in [-0.3, -0.25) is 9.59 Å². The highest BCUT2D eigenvalue weighted by molar-refractivity contribution is 5.89. The third-order valence-corrected chi connectivity index (χ3v) is 3.37. The fourth-order valence-electron chi connectivity index (χ4n) is 2.36. The average molecular weight is 368 g/mol. The van der Waals surface area contributed by atoms with E-state index < -0.39 is 52.4 Å². The van der Waals surface area contributed by atoms with E-state index in [9.17, 15) is 27.2 Å². The van der Waals surface area contributed by atoms with Crippen molar-refractivity contribution in [2.75, 3.05) is 21.3 Å². The van der Waals surface area contributed by atoms with E-state index in [4.69, 9.17) is 9.47 Å². The normalized spacial score (nSPS) is 12.3. The van der Waals surface area contributed by atoms with E-state index in [0.29, 0.717) is 0 Å². The Morgan fingerprint density at radius 2 is 1.68 bits per heavy atom. The van der Waals surface area contributed by atoms with E-state index in [0.717, 1.165) is 21.3 Å². The third kappa shape index (κ3) is 4.12. The number of ether oxygens (including phenoxy) is 4. The van der Waals surface area contributed by atoms with E-state index in [2.05, 4.69) is 9.47 Å². The molecular formula is C15H16F4O6. The van der Waals surface area contributed by atoms with Gasteiger partial charge in [-0.25, -0.2) is 4.39 Å². The first-order chi connectivity index (χ1) is 11.7. The number of hydrogen-bond acceptors (Lipinski definition) is 6. The van der Waals surface area contributed by atoms with Gasteiger partial charge in [0.2, 0.25) is 11.5 Å². The molecule has 0 radical (unpaired) electrons. The lowest BCUT2D eigenvalue weighted by atomic mass is 9.90. The highest BCUT2D eigenvalue weighted by atomic mass is 19.4. The maximum Gasteiger partial charge on any atom is 0.573 e. The molecule has 0 saturated carbocycles. The van der Waals surface area contributed by atoms with Gasteiger partial charge in [-0.2, -0.15) is 0 Å². The van der Waals surface area contributed by atoms with Crippen molar-refractivity contribution in [1.29, 1.82) is 0 Å². The van der Waals surface area contributed by atoms with Crippen molar-refractivity contribution in [3.63, 3.8) is 0 Å². The van der Waals surface area contributed by atoms with Gasteiger partial charge in [-0.15, -0.1) is 13.2 Å². The number of carbonyl (C=O) groups is 2. The second-order valence-electron chi connectivity index (χ2n) is 4.69. The molecule has 140 valence electrons. The van der Waals surface area contributed by atoms with E-state index in [1.165, 1.54) is 6.92 Å². The molecule has 0 aliphatic rings. The number of hydrogen-bond donors (Lipinski definition) is 0. The summed E-state index contributed by atoms with van der Waals surface area (Å²) in [6, 6.07) is 0. The summed E-state index contributed by atoms with van der Waals surface area (Å²) in [5.74, 6) is -6.16. The fourth-order valence-corrected chi connectivity index (χ4v) is 2.36. The molecule has 0 aliphatic heterocycles. The highest BCUT2D eigenvalue weighted by Gasteiger charge is 2.40. The monoisotopic (exact) mass is 368 g/mol. The van der Waals surface area contributed by atoms with Gasteiger partial charge < -0.3 is 18.9 Å². The van der Waals surface area contributed by atoms with E-state index in [-0.39, 0.29) is 12.7 Å². The molecule has 0 heterocycles. The zero-order valence-electron chi connectivity index (χ0n) is 13.8. The number of carbonyl (C=O) groups excluding carboxylic acids is 2. The lowest BCUT2D eigenvalue weighted by Gasteiger charge is -2.24. The predicted molar refractivity (Wildman–Crippen MR) is 76.6 cm³/mol.